The predicted octanol–water partition coefficient (Wildman–Crippen LogP) is 3.16. The lowest BCUT2D eigenvalue weighted by Gasteiger charge is -2.15. The zero-order chi connectivity index (χ0) is 16.8. The molecule has 0 fully saturated rings. The van der Waals surface area contributed by atoms with E-state index < -0.39 is 23.8 Å². The molecule has 0 aliphatic carbocycles. The molecule has 7 heteroatoms. The standard InChI is InChI=1S/C16H18F2N2O2S/c1-10(12-5-4-11(17)7-13(12)18)8-19-16(22)20-9-14(21)15-3-2-6-23-15/h2-7,10,14,21H,8-9H2,1H3,(H2,19,20,22)/t10-,14-/m0/s1. The van der Waals surface area contributed by atoms with E-state index in [0.717, 1.165) is 10.9 Å². The fraction of sp³-hybridized carbons (Fsp3) is 0.312. The van der Waals surface area contributed by atoms with E-state index in [-0.39, 0.29) is 19.0 Å². The molecule has 1 aromatic carbocycles. The van der Waals surface area contributed by atoms with Crippen molar-refractivity contribution in [2.45, 2.75) is 18.9 Å². The average Bonchev–Trinajstić information content (AvgIpc) is 3.04. The predicted molar refractivity (Wildman–Crippen MR) is 85.5 cm³/mol. The average molecular weight is 340 g/mol. The maximum absolute atomic E-state index is 13.6. The lowest BCUT2D eigenvalue weighted by atomic mass is 10.0. The molecule has 2 rings (SSSR count). The highest BCUT2D eigenvalue weighted by molar-refractivity contribution is 7.10. The number of amides is 2. The summed E-state index contributed by atoms with van der Waals surface area (Å²) in [7, 11) is 0. The summed E-state index contributed by atoms with van der Waals surface area (Å²) in [6.45, 7) is 2.02. The first kappa shape index (κ1) is 17.4. The molecule has 0 radical (unpaired) electrons. The van der Waals surface area contributed by atoms with Crippen LogP contribution < -0.4 is 10.6 Å². The Bertz CT molecular complexity index is 650. The molecule has 1 heterocycles. The van der Waals surface area contributed by atoms with Gasteiger partial charge >= 0.3 is 6.03 Å². The summed E-state index contributed by atoms with van der Waals surface area (Å²) < 4.78 is 26.5. The monoisotopic (exact) mass is 340 g/mol. The summed E-state index contributed by atoms with van der Waals surface area (Å²) in [5, 5.41) is 16.9. The van der Waals surface area contributed by atoms with Gasteiger partial charge in [-0.05, 0) is 23.1 Å². The molecule has 0 unspecified atom stereocenters. The molecule has 0 aliphatic heterocycles. The van der Waals surface area contributed by atoms with Crippen molar-refractivity contribution in [2.75, 3.05) is 13.1 Å². The molecule has 1 aromatic heterocycles. The van der Waals surface area contributed by atoms with Crippen LogP contribution in [0, 0.1) is 11.6 Å². The van der Waals surface area contributed by atoms with Gasteiger partial charge in [0.25, 0.3) is 0 Å². The van der Waals surface area contributed by atoms with Crippen LogP contribution in [0.3, 0.4) is 0 Å². The number of hydrogen-bond donors (Lipinski definition) is 3. The molecule has 2 aromatic rings. The van der Waals surface area contributed by atoms with E-state index in [9.17, 15) is 18.7 Å². The summed E-state index contributed by atoms with van der Waals surface area (Å²) >= 11 is 1.41. The third-order valence-electron chi connectivity index (χ3n) is 3.39. The fourth-order valence-corrected chi connectivity index (χ4v) is 2.80. The second kappa shape index (κ2) is 8.03. The SMILES string of the molecule is C[C@@H](CNC(=O)NC[C@H](O)c1cccs1)c1ccc(F)cc1F. The maximum atomic E-state index is 13.6. The highest BCUT2D eigenvalue weighted by Crippen LogP contribution is 2.19. The minimum absolute atomic E-state index is 0.0889. The summed E-state index contributed by atoms with van der Waals surface area (Å²) in [6, 6.07) is 6.54. The van der Waals surface area contributed by atoms with E-state index >= 15 is 0 Å². The highest BCUT2D eigenvalue weighted by Gasteiger charge is 2.14. The van der Waals surface area contributed by atoms with Crippen LogP contribution in [0.4, 0.5) is 13.6 Å². The van der Waals surface area contributed by atoms with Gasteiger partial charge in [0, 0.05) is 23.4 Å². The third-order valence-corrected chi connectivity index (χ3v) is 4.36. The number of carbonyl (C=O) groups is 1. The minimum atomic E-state index is -0.757. The van der Waals surface area contributed by atoms with Crippen LogP contribution in [-0.2, 0) is 0 Å². The molecule has 0 saturated heterocycles. The van der Waals surface area contributed by atoms with Crippen molar-refractivity contribution in [3.05, 3.63) is 57.8 Å². The van der Waals surface area contributed by atoms with Crippen molar-refractivity contribution < 1.29 is 18.7 Å². The van der Waals surface area contributed by atoms with Crippen LogP contribution in [0.25, 0.3) is 0 Å². The second-order valence-corrected chi connectivity index (χ2v) is 6.17. The molecule has 2 amide bonds. The van der Waals surface area contributed by atoms with Crippen LogP contribution in [0.2, 0.25) is 0 Å². The second-order valence-electron chi connectivity index (χ2n) is 5.19. The number of rotatable bonds is 6. The molecule has 4 nitrogen and oxygen atoms in total. The molecule has 0 spiro atoms. The Morgan fingerprint density at radius 2 is 2.00 bits per heavy atom. The summed E-state index contributed by atoms with van der Waals surface area (Å²) in [5.41, 5.74) is 0.338. The lowest BCUT2D eigenvalue weighted by Crippen LogP contribution is -2.39. The van der Waals surface area contributed by atoms with Crippen LogP contribution >= 0.6 is 11.3 Å². The van der Waals surface area contributed by atoms with Gasteiger partial charge in [-0.3, -0.25) is 0 Å². The van der Waals surface area contributed by atoms with Gasteiger partial charge in [0.1, 0.15) is 17.7 Å². The first-order valence-corrected chi connectivity index (χ1v) is 8.03. The molecule has 0 saturated carbocycles. The van der Waals surface area contributed by atoms with E-state index in [1.165, 1.54) is 23.5 Å². The number of halogens is 2. The molecule has 3 N–H and O–H groups in total. The van der Waals surface area contributed by atoms with Crippen molar-refractivity contribution in [3.8, 4) is 0 Å². The van der Waals surface area contributed by atoms with Crippen molar-refractivity contribution in [1.82, 2.24) is 10.6 Å². The van der Waals surface area contributed by atoms with Crippen molar-refractivity contribution in [3.63, 3.8) is 0 Å². The van der Waals surface area contributed by atoms with E-state index in [1.54, 1.807) is 13.0 Å². The number of thiophene rings is 1. The highest BCUT2D eigenvalue weighted by atomic mass is 32.1. The molecular formula is C16H18F2N2O2S. The number of nitrogens with one attached hydrogen (secondary N) is 2. The smallest absolute Gasteiger partial charge is 0.314 e. The van der Waals surface area contributed by atoms with Crippen LogP contribution in [0.5, 0.6) is 0 Å². The first-order chi connectivity index (χ1) is 11.0. The number of aliphatic hydroxyl groups excluding tert-OH is 1. The minimum Gasteiger partial charge on any atom is -0.386 e. The van der Waals surface area contributed by atoms with Gasteiger partial charge in [0.05, 0.1) is 6.54 Å². The topological polar surface area (TPSA) is 61.4 Å². The summed E-state index contributed by atoms with van der Waals surface area (Å²) in [6.07, 6.45) is -0.757. The van der Waals surface area contributed by atoms with Gasteiger partial charge in [-0.25, -0.2) is 13.6 Å². The molecule has 0 aliphatic rings. The quantitative estimate of drug-likeness (QED) is 0.756. The summed E-state index contributed by atoms with van der Waals surface area (Å²) in [5.74, 6) is -1.57. The Morgan fingerprint density at radius 3 is 2.65 bits per heavy atom. The van der Waals surface area contributed by atoms with Gasteiger partial charge in [-0.1, -0.05) is 19.1 Å². The largest absolute Gasteiger partial charge is 0.386 e. The Hall–Kier alpha value is -1.99. The Morgan fingerprint density at radius 1 is 1.26 bits per heavy atom. The van der Waals surface area contributed by atoms with E-state index in [1.807, 2.05) is 11.4 Å². The number of benzene rings is 1. The number of aliphatic hydroxyl groups is 1. The van der Waals surface area contributed by atoms with Gasteiger partial charge in [-0.2, -0.15) is 0 Å². The normalized spacial score (nSPS) is 13.4. The summed E-state index contributed by atoms with van der Waals surface area (Å²) in [4.78, 5) is 12.5. The van der Waals surface area contributed by atoms with Crippen molar-refractivity contribution >= 4 is 17.4 Å². The van der Waals surface area contributed by atoms with Crippen LogP contribution in [0.1, 0.15) is 29.4 Å². The fourth-order valence-electron chi connectivity index (χ4n) is 2.09. The van der Waals surface area contributed by atoms with Gasteiger partial charge in [-0.15, -0.1) is 11.3 Å². The van der Waals surface area contributed by atoms with E-state index in [0.29, 0.717) is 5.56 Å². The van der Waals surface area contributed by atoms with E-state index in [2.05, 4.69) is 10.6 Å². The maximum Gasteiger partial charge on any atom is 0.314 e. The first-order valence-electron chi connectivity index (χ1n) is 7.15. The van der Waals surface area contributed by atoms with Gasteiger partial charge < -0.3 is 15.7 Å². The zero-order valence-corrected chi connectivity index (χ0v) is 13.4. The molecule has 2 atom stereocenters. The third kappa shape index (κ3) is 5.01. The molecule has 0 bridgehead atoms. The van der Waals surface area contributed by atoms with Gasteiger partial charge in [0.15, 0.2) is 0 Å². The number of hydrogen-bond acceptors (Lipinski definition) is 3. The number of urea groups is 1. The molecular weight excluding hydrogens is 322 g/mol. The van der Waals surface area contributed by atoms with E-state index in [4.69, 9.17) is 0 Å². The van der Waals surface area contributed by atoms with Crippen molar-refractivity contribution in [1.29, 1.82) is 0 Å². The van der Waals surface area contributed by atoms with Gasteiger partial charge in [0.2, 0.25) is 0 Å². The van der Waals surface area contributed by atoms with Crippen LogP contribution in [0.15, 0.2) is 35.7 Å². The Kier molecular flexibility index (Phi) is 6.06. The zero-order valence-electron chi connectivity index (χ0n) is 12.6. The number of carbonyl (C=O) groups excluding carboxylic acids is 1. The lowest BCUT2D eigenvalue weighted by molar-refractivity contribution is 0.176. The van der Waals surface area contributed by atoms with Crippen molar-refractivity contribution in [2.24, 2.45) is 0 Å². The van der Waals surface area contributed by atoms with Crippen LogP contribution in [-0.4, -0.2) is 24.2 Å². The Labute approximate surface area is 137 Å². The molecule has 23 heavy (non-hydrogen) atoms. The molecule has 124 valence electrons. The Balaban J connectivity index is 1.77.